The molecule has 2 aromatic carbocycles. The number of benzene rings is 2. The van der Waals surface area contributed by atoms with Gasteiger partial charge in [0, 0.05) is 17.6 Å². The molecule has 21 heavy (non-hydrogen) atoms. The van der Waals surface area contributed by atoms with Gasteiger partial charge in [-0.15, -0.1) is 0 Å². The van der Waals surface area contributed by atoms with Crippen LogP contribution < -0.4 is 5.32 Å². The number of halogens is 1. The molecule has 0 aliphatic rings. The van der Waals surface area contributed by atoms with Gasteiger partial charge in [0.2, 0.25) is 5.89 Å². The molecule has 4 heteroatoms. The van der Waals surface area contributed by atoms with Gasteiger partial charge in [-0.2, -0.15) is 0 Å². The normalized spacial score (nSPS) is 10.7. The highest BCUT2D eigenvalue weighted by molar-refractivity contribution is 9.10. The van der Waals surface area contributed by atoms with Crippen molar-refractivity contribution in [1.29, 1.82) is 0 Å². The maximum absolute atomic E-state index is 5.55. The molecule has 1 heterocycles. The summed E-state index contributed by atoms with van der Waals surface area (Å²) in [4.78, 5) is 4.51. The van der Waals surface area contributed by atoms with E-state index in [2.05, 4.69) is 38.4 Å². The fourth-order valence-corrected chi connectivity index (χ4v) is 2.53. The molecule has 1 aromatic heterocycles. The fourth-order valence-electron chi connectivity index (χ4n) is 2.08. The summed E-state index contributed by atoms with van der Waals surface area (Å²) in [5.41, 5.74) is 3.12. The van der Waals surface area contributed by atoms with Gasteiger partial charge in [0.25, 0.3) is 0 Å². The lowest BCUT2D eigenvalue weighted by atomic mass is 10.2. The van der Waals surface area contributed by atoms with Gasteiger partial charge in [-0.05, 0) is 33.6 Å². The second-order valence-corrected chi connectivity index (χ2v) is 5.57. The molecule has 3 rings (SSSR count). The zero-order chi connectivity index (χ0) is 14.5. The Morgan fingerprint density at radius 3 is 2.52 bits per heavy atom. The van der Waals surface area contributed by atoms with Gasteiger partial charge in [0.05, 0.1) is 11.3 Å². The molecule has 0 fully saturated rings. The van der Waals surface area contributed by atoms with Crippen molar-refractivity contribution in [2.45, 2.75) is 13.1 Å². The Morgan fingerprint density at radius 1 is 0.952 bits per heavy atom. The van der Waals surface area contributed by atoms with E-state index < -0.39 is 0 Å². The Kier molecular flexibility index (Phi) is 4.48. The molecule has 0 aliphatic heterocycles. The van der Waals surface area contributed by atoms with Crippen LogP contribution in [0.15, 0.2) is 69.8 Å². The Balaban J connectivity index is 1.62. The number of aromatic nitrogens is 1. The molecule has 0 aliphatic carbocycles. The molecule has 0 bridgehead atoms. The lowest BCUT2D eigenvalue weighted by molar-refractivity contribution is 0.569. The zero-order valence-corrected chi connectivity index (χ0v) is 13.0. The smallest absolute Gasteiger partial charge is 0.227 e. The van der Waals surface area contributed by atoms with Crippen molar-refractivity contribution in [3.63, 3.8) is 0 Å². The van der Waals surface area contributed by atoms with Crippen molar-refractivity contribution >= 4 is 15.9 Å². The predicted octanol–water partition coefficient (Wildman–Crippen LogP) is 4.39. The lowest BCUT2D eigenvalue weighted by Gasteiger charge is -2.02. The van der Waals surface area contributed by atoms with E-state index in [1.807, 2.05) is 42.5 Å². The van der Waals surface area contributed by atoms with Crippen LogP contribution in [0.4, 0.5) is 0 Å². The Hall–Kier alpha value is -1.91. The SMILES string of the molecule is Brc1ccccc1-c1nc(CNCc2ccccc2)co1. The van der Waals surface area contributed by atoms with Crippen LogP contribution in [0, 0.1) is 0 Å². The maximum Gasteiger partial charge on any atom is 0.227 e. The van der Waals surface area contributed by atoms with Gasteiger partial charge in [0.15, 0.2) is 0 Å². The number of oxazole rings is 1. The topological polar surface area (TPSA) is 38.1 Å². The van der Waals surface area contributed by atoms with E-state index in [4.69, 9.17) is 4.42 Å². The third-order valence-electron chi connectivity index (χ3n) is 3.13. The molecule has 3 nitrogen and oxygen atoms in total. The minimum atomic E-state index is 0.638. The second kappa shape index (κ2) is 6.70. The van der Waals surface area contributed by atoms with E-state index in [0.717, 1.165) is 22.3 Å². The van der Waals surface area contributed by atoms with Crippen molar-refractivity contribution < 1.29 is 4.42 Å². The Bertz CT molecular complexity index is 710. The van der Waals surface area contributed by atoms with Crippen LogP contribution >= 0.6 is 15.9 Å². The lowest BCUT2D eigenvalue weighted by Crippen LogP contribution is -2.12. The molecule has 0 radical (unpaired) electrons. The summed E-state index contributed by atoms with van der Waals surface area (Å²) in [6, 6.07) is 18.2. The molecule has 106 valence electrons. The highest BCUT2D eigenvalue weighted by Gasteiger charge is 2.09. The summed E-state index contributed by atoms with van der Waals surface area (Å²) in [7, 11) is 0. The first-order valence-corrected chi connectivity index (χ1v) is 7.56. The van der Waals surface area contributed by atoms with E-state index in [0.29, 0.717) is 12.4 Å². The van der Waals surface area contributed by atoms with Crippen molar-refractivity contribution in [2.75, 3.05) is 0 Å². The minimum Gasteiger partial charge on any atom is -0.444 e. The average molecular weight is 343 g/mol. The molecule has 0 spiro atoms. The number of nitrogens with zero attached hydrogens (tertiary/aromatic N) is 1. The molecule has 1 N–H and O–H groups in total. The fraction of sp³-hybridized carbons (Fsp3) is 0.118. The summed E-state index contributed by atoms with van der Waals surface area (Å²) in [5.74, 6) is 0.638. The molecule has 0 atom stereocenters. The first-order valence-electron chi connectivity index (χ1n) is 6.77. The van der Waals surface area contributed by atoms with Crippen LogP contribution in [0.3, 0.4) is 0 Å². The first kappa shape index (κ1) is 14.0. The Morgan fingerprint density at radius 2 is 1.71 bits per heavy atom. The van der Waals surface area contributed by atoms with Crippen molar-refractivity contribution in [3.8, 4) is 11.5 Å². The van der Waals surface area contributed by atoms with Crippen LogP contribution in [0.5, 0.6) is 0 Å². The minimum absolute atomic E-state index is 0.638. The molecule has 0 saturated carbocycles. The Labute approximate surface area is 132 Å². The van der Waals surface area contributed by atoms with Gasteiger partial charge in [-0.25, -0.2) is 4.98 Å². The maximum atomic E-state index is 5.55. The van der Waals surface area contributed by atoms with E-state index >= 15 is 0 Å². The van der Waals surface area contributed by atoms with Gasteiger partial charge in [-0.1, -0.05) is 42.5 Å². The zero-order valence-electron chi connectivity index (χ0n) is 11.4. The average Bonchev–Trinajstić information content (AvgIpc) is 2.97. The predicted molar refractivity (Wildman–Crippen MR) is 86.6 cm³/mol. The monoisotopic (exact) mass is 342 g/mol. The van der Waals surface area contributed by atoms with E-state index in [1.165, 1.54) is 5.56 Å². The summed E-state index contributed by atoms with van der Waals surface area (Å²) >= 11 is 3.51. The van der Waals surface area contributed by atoms with Crippen molar-refractivity contribution in [2.24, 2.45) is 0 Å². The van der Waals surface area contributed by atoms with Crippen LogP contribution in [-0.4, -0.2) is 4.98 Å². The number of nitrogens with one attached hydrogen (secondary N) is 1. The molecule has 0 amide bonds. The second-order valence-electron chi connectivity index (χ2n) is 4.71. The van der Waals surface area contributed by atoms with Gasteiger partial charge >= 0.3 is 0 Å². The highest BCUT2D eigenvalue weighted by atomic mass is 79.9. The number of rotatable bonds is 5. The van der Waals surface area contributed by atoms with Crippen molar-refractivity contribution in [1.82, 2.24) is 10.3 Å². The first-order chi connectivity index (χ1) is 10.3. The van der Waals surface area contributed by atoms with E-state index in [1.54, 1.807) is 6.26 Å². The highest BCUT2D eigenvalue weighted by Crippen LogP contribution is 2.27. The van der Waals surface area contributed by atoms with Gasteiger partial charge in [-0.3, -0.25) is 0 Å². The summed E-state index contributed by atoms with van der Waals surface area (Å²) < 4.78 is 6.54. The summed E-state index contributed by atoms with van der Waals surface area (Å²) in [6.45, 7) is 1.50. The van der Waals surface area contributed by atoms with Crippen LogP contribution in [0.1, 0.15) is 11.3 Å². The molecular weight excluding hydrogens is 328 g/mol. The summed E-state index contributed by atoms with van der Waals surface area (Å²) in [5, 5.41) is 3.36. The largest absolute Gasteiger partial charge is 0.444 e. The van der Waals surface area contributed by atoms with Crippen molar-refractivity contribution in [3.05, 3.63) is 76.6 Å². The quantitative estimate of drug-likeness (QED) is 0.746. The third kappa shape index (κ3) is 3.60. The van der Waals surface area contributed by atoms with Gasteiger partial charge in [0.1, 0.15) is 6.26 Å². The molecule has 0 unspecified atom stereocenters. The third-order valence-corrected chi connectivity index (χ3v) is 3.83. The number of hydrogen-bond donors (Lipinski definition) is 1. The standard InChI is InChI=1S/C17H15BrN2O/c18-16-9-5-4-8-15(16)17-20-14(12-21-17)11-19-10-13-6-2-1-3-7-13/h1-9,12,19H,10-11H2. The van der Waals surface area contributed by atoms with Crippen LogP contribution in [-0.2, 0) is 13.1 Å². The van der Waals surface area contributed by atoms with Crippen LogP contribution in [0.2, 0.25) is 0 Å². The number of hydrogen-bond acceptors (Lipinski definition) is 3. The molecule has 0 saturated heterocycles. The molecule has 3 aromatic rings. The molecular formula is C17H15BrN2O. The van der Waals surface area contributed by atoms with E-state index in [-0.39, 0.29) is 0 Å². The van der Waals surface area contributed by atoms with E-state index in [9.17, 15) is 0 Å². The van der Waals surface area contributed by atoms with Crippen LogP contribution in [0.25, 0.3) is 11.5 Å². The summed E-state index contributed by atoms with van der Waals surface area (Å²) in [6.07, 6.45) is 1.70. The van der Waals surface area contributed by atoms with Gasteiger partial charge < -0.3 is 9.73 Å².